The maximum Gasteiger partial charge on any atom is 0.208 e. The lowest BCUT2D eigenvalue weighted by molar-refractivity contribution is 0.330. The zero-order chi connectivity index (χ0) is 9.80. The number of benzene rings is 1. The summed E-state index contributed by atoms with van der Waals surface area (Å²) in [5.74, 6) is 1.41. The van der Waals surface area contributed by atoms with Gasteiger partial charge in [0, 0.05) is 7.05 Å². The lowest BCUT2D eigenvalue weighted by Crippen LogP contribution is -2.23. The van der Waals surface area contributed by atoms with Crippen LogP contribution in [0.3, 0.4) is 0 Å². The number of hydrogen-bond acceptors (Lipinski definition) is 5. The van der Waals surface area contributed by atoms with Gasteiger partial charge >= 0.3 is 0 Å². The van der Waals surface area contributed by atoms with Gasteiger partial charge in [0.05, 0.1) is 0 Å². The average molecular weight is 190 g/mol. The van der Waals surface area contributed by atoms with Gasteiger partial charge in [-0.2, -0.15) is 5.53 Å². The molecule has 5 heteroatoms. The minimum absolute atomic E-state index is 0.633. The second-order valence-electron chi connectivity index (χ2n) is 2.77. The van der Waals surface area contributed by atoms with E-state index in [2.05, 4.69) is 15.9 Å². The highest BCUT2D eigenvalue weighted by atomic mass is 16.5. The topological polar surface area (TPSA) is 49.2 Å². The molecule has 1 aliphatic heterocycles. The van der Waals surface area contributed by atoms with E-state index in [-0.39, 0.29) is 0 Å². The first-order valence-corrected chi connectivity index (χ1v) is 4.18. The van der Waals surface area contributed by atoms with Gasteiger partial charge in [-0.3, -0.25) is 5.01 Å². The molecular formula is C9H10N4O. The molecule has 0 saturated heterocycles. The van der Waals surface area contributed by atoms with Crippen molar-refractivity contribution in [3.05, 3.63) is 42.4 Å². The molecule has 0 bridgehead atoms. The Bertz CT molecular complexity index is 360. The van der Waals surface area contributed by atoms with E-state index in [0.29, 0.717) is 5.82 Å². The van der Waals surface area contributed by atoms with Crippen LogP contribution < -0.4 is 10.3 Å². The third-order valence-corrected chi connectivity index (χ3v) is 1.73. The van der Waals surface area contributed by atoms with Crippen molar-refractivity contribution in [2.24, 2.45) is 10.3 Å². The van der Waals surface area contributed by atoms with Crippen LogP contribution in [0.25, 0.3) is 0 Å². The van der Waals surface area contributed by atoms with Crippen molar-refractivity contribution in [1.29, 1.82) is 0 Å². The molecule has 1 aromatic rings. The summed E-state index contributed by atoms with van der Waals surface area (Å²) >= 11 is 0. The SMILES string of the molecule is CN1NN=NC1=COc1ccccc1. The van der Waals surface area contributed by atoms with Crippen LogP contribution in [0.15, 0.2) is 52.8 Å². The zero-order valence-electron chi connectivity index (χ0n) is 7.71. The molecule has 1 aromatic carbocycles. The van der Waals surface area contributed by atoms with Gasteiger partial charge in [-0.05, 0) is 12.1 Å². The first kappa shape index (κ1) is 8.55. The summed E-state index contributed by atoms with van der Waals surface area (Å²) < 4.78 is 5.36. The molecule has 0 fully saturated rings. The van der Waals surface area contributed by atoms with E-state index >= 15 is 0 Å². The number of hydrazine groups is 1. The number of nitrogens with zero attached hydrogens (tertiary/aromatic N) is 3. The lowest BCUT2D eigenvalue weighted by Gasteiger charge is -2.08. The zero-order valence-corrected chi connectivity index (χ0v) is 7.71. The quantitative estimate of drug-likeness (QED) is 0.722. The van der Waals surface area contributed by atoms with E-state index < -0.39 is 0 Å². The van der Waals surface area contributed by atoms with Crippen LogP contribution in [0, 0.1) is 0 Å². The molecule has 14 heavy (non-hydrogen) atoms. The van der Waals surface area contributed by atoms with Crippen LogP contribution in [-0.4, -0.2) is 12.1 Å². The molecule has 72 valence electrons. The maximum absolute atomic E-state index is 5.36. The number of para-hydroxylation sites is 1. The third kappa shape index (κ3) is 1.82. The van der Waals surface area contributed by atoms with Crippen molar-refractivity contribution in [3.63, 3.8) is 0 Å². The van der Waals surface area contributed by atoms with Crippen molar-refractivity contribution >= 4 is 0 Å². The fraction of sp³-hybridized carbons (Fsp3) is 0.111. The molecular weight excluding hydrogens is 180 g/mol. The molecule has 0 unspecified atom stereocenters. The molecule has 2 rings (SSSR count). The highest BCUT2D eigenvalue weighted by Gasteiger charge is 2.08. The maximum atomic E-state index is 5.36. The van der Waals surface area contributed by atoms with E-state index in [1.807, 2.05) is 30.3 Å². The smallest absolute Gasteiger partial charge is 0.208 e. The van der Waals surface area contributed by atoms with Crippen molar-refractivity contribution in [3.8, 4) is 5.75 Å². The molecule has 0 saturated carbocycles. The summed E-state index contributed by atoms with van der Waals surface area (Å²) in [6.07, 6.45) is 1.54. The van der Waals surface area contributed by atoms with Gasteiger partial charge in [0.1, 0.15) is 12.0 Å². The monoisotopic (exact) mass is 190 g/mol. The molecule has 1 aliphatic rings. The Morgan fingerprint density at radius 2 is 2.14 bits per heavy atom. The molecule has 0 radical (unpaired) electrons. The van der Waals surface area contributed by atoms with Gasteiger partial charge in [-0.15, -0.1) is 5.11 Å². The summed E-state index contributed by atoms with van der Waals surface area (Å²) in [5.41, 5.74) is 2.65. The van der Waals surface area contributed by atoms with Gasteiger partial charge in [-0.1, -0.05) is 23.4 Å². The Morgan fingerprint density at radius 1 is 1.36 bits per heavy atom. The molecule has 0 spiro atoms. The standard InChI is InChI=1S/C9H10N4O/c1-13-9(10-11-12-13)7-14-8-5-3-2-4-6-8/h2-7H,1H3,(H,10,12). The number of ether oxygens (including phenoxy) is 1. The lowest BCUT2D eigenvalue weighted by atomic mass is 10.3. The second-order valence-corrected chi connectivity index (χ2v) is 2.77. The van der Waals surface area contributed by atoms with Crippen LogP contribution in [0.1, 0.15) is 0 Å². The highest BCUT2D eigenvalue weighted by molar-refractivity contribution is 5.22. The van der Waals surface area contributed by atoms with Crippen LogP contribution in [0.4, 0.5) is 0 Å². The Labute approximate surface area is 81.6 Å². The van der Waals surface area contributed by atoms with E-state index in [4.69, 9.17) is 4.74 Å². The Hall–Kier alpha value is -2.04. The average Bonchev–Trinajstić information content (AvgIpc) is 2.63. The first-order chi connectivity index (χ1) is 6.86. The Balaban J connectivity index is 2.03. The van der Waals surface area contributed by atoms with Crippen molar-refractivity contribution in [2.75, 3.05) is 7.05 Å². The summed E-state index contributed by atoms with van der Waals surface area (Å²) in [6, 6.07) is 9.49. The van der Waals surface area contributed by atoms with Gasteiger partial charge in [0.15, 0.2) is 0 Å². The fourth-order valence-corrected chi connectivity index (χ4v) is 0.981. The molecule has 0 atom stereocenters. The number of hydrogen-bond donors (Lipinski definition) is 1. The predicted octanol–water partition coefficient (Wildman–Crippen LogP) is 1.68. The minimum Gasteiger partial charge on any atom is -0.461 e. The van der Waals surface area contributed by atoms with E-state index in [1.54, 1.807) is 18.3 Å². The van der Waals surface area contributed by atoms with E-state index in [9.17, 15) is 0 Å². The molecule has 0 amide bonds. The summed E-state index contributed by atoms with van der Waals surface area (Å²) in [5, 5.41) is 9.07. The minimum atomic E-state index is 0.633. The summed E-state index contributed by atoms with van der Waals surface area (Å²) in [4.78, 5) is 0. The summed E-state index contributed by atoms with van der Waals surface area (Å²) in [7, 11) is 1.81. The third-order valence-electron chi connectivity index (χ3n) is 1.73. The van der Waals surface area contributed by atoms with Crippen molar-refractivity contribution < 1.29 is 4.74 Å². The Kier molecular flexibility index (Phi) is 2.31. The van der Waals surface area contributed by atoms with Crippen LogP contribution in [0.5, 0.6) is 5.75 Å². The van der Waals surface area contributed by atoms with Crippen LogP contribution in [-0.2, 0) is 0 Å². The molecule has 0 aliphatic carbocycles. The summed E-state index contributed by atoms with van der Waals surface area (Å²) in [6.45, 7) is 0. The largest absolute Gasteiger partial charge is 0.461 e. The van der Waals surface area contributed by atoms with Crippen LogP contribution >= 0.6 is 0 Å². The normalized spacial score (nSPS) is 17.2. The second kappa shape index (κ2) is 3.78. The van der Waals surface area contributed by atoms with E-state index in [1.165, 1.54) is 0 Å². The highest BCUT2D eigenvalue weighted by Crippen LogP contribution is 2.12. The first-order valence-electron chi connectivity index (χ1n) is 4.18. The number of nitrogens with one attached hydrogen (secondary N) is 1. The van der Waals surface area contributed by atoms with Gasteiger partial charge < -0.3 is 4.74 Å². The fourth-order valence-electron chi connectivity index (χ4n) is 0.981. The van der Waals surface area contributed by atoms with E-state index in [0.717, 1.165) is 5.75 Å². The molecule has 5 nitrogen and oxygen atoms in total. The van der Waals surface area contributed by atoms with Crippen molar-refractivity contribution in [2.45, 2.75) is 0 Å². The van der Waals surface area contributed by atoms with Crippen molar-refractivity contribution in [1.82, 2.24) is 10.5 Å². The van der Waals surface area contributed by atoms with Gasteiger partial charge in [0.2, 0.25) is 5.82 Å². The molecule has 1 N–H and O–H groups in total. The van der Waals surface area contributed by atoms with Gasteiger partial charge in [0.25, 0.3) is 0 Å². The molecule has 1 heterocycles. The van der Waals surface area contributed by atoms with Crippen LogP contribution in [0.2, 0.25) is 0 Å². The molecule has 0 aromatic heterocycles. The Morgan fingerprint density at radius 3 is 2.79 bits per heavy atom. The predicted molar refractivity (Wildman–Crippen MR) is 50.9 cm³/mol. The van der Waals surface area contributed by atoms with Gasteiger partial charge in [-0.25, -0.2) is 0 Å². The number of rotatable bonds is 2.